The number of hydrogen-bond donors (Lipinski definition) is 0. The van der Waals surface area contributed by atoms with E-state index in [1.807, 2.05) is 27.7 Å². The molecule has 0 bridgehead atoms. The van der Waals surface area contributed by atoms with Crippen molar-refractivity contribution < 1.29 is 19.0 Å². The molecule has 0 aliphatic carbocycles. The molecule has 6 heteroatoms. The normalized spacial score (nSPS) is 27.1. The van der Waals surface area contributed by atoms with Crippen LogP contribution in [0.2, 0.25) is 6.32 Å². The van der Waals surface area contributed by atoms with Crippen LogP contribution in [0.4, 0.5) is 0 Å². The Morgan fingerprint density at radius 2 is 1.57 bits per heavy atom. The summed E-state index contributed by atoms with van der Waals surface area (Å²) in [5, 5.41) is 0. The summed E-state index contributed by atoms with van der Waals surface area (Å²) in [6, 6.07) is 0. The van der Waals surface area contributed by atoms with Crippen LogP contribution in [0.5, 0.6) is 0 Å². The maximum absolute atomic E-state index is 5.21. The average molecular weight is 198 g/mol. The zero-order valence-corrected chi connectivity index (χ0v) is 9.20. The lowest BCUT2D eigenvalue weighted by Gasteiger charge is -2.32. The SMILES string of the molecule is CC1(C)O[B]OC1(C)C.[B]1CCOO1. The summed E-state index contributed by atoms with van der Waals surface area (Å²) in [6.45, 7) is 8.76. The van der Waals surface area contributed by atoms with E-state index in [1.165, 1.54) is 7.69 Å². The van der Waals surface area contributed by atoms with Crippen LogP contribution in [0.1, 0.15) is 27.7 Å². The van der Waals surface area contributed by atoms with Gasteiger partial charge in [-0.1, -0.05) is 0 Å². The summed E-state index contributed by atoms with van der Waals surface area (Å²) < 4.78 is 10.4. The van der Waals surface area contributed by atoms with E-state index in [2.05, 4.69) is 9.69 Å². The third-order valence-electron chi connectivity index (χ3n) is 2.59. The number of rotatable bonds is 0. The highest BCUT2D eigenvalue weighted by Crippen LogP contribution is 2.33. The van der Waals surface area contributed by atoms with Gasteiger partial charge in [-0.05, 0) is 34.0 Å². The van der Waals surface area contributed by atoms with Gasteiger partial charge in [0.25, 0.3) is 0 Å². The molecule has 0 unspecified atom stereocenters. The van der Waals surface area contributed by atoms with Crippen molar-refractivity contribution >= 4 is 15.2 Å². The summed E-state index contributed by atoms with van der Waals surface area (Å²) in [5.41, 5.74) is -0.375. The first kappa shape index (κ1) is 12.0. The fourth-order valence-electron chi connectivity index (χ4n) is 0.789. The molecule has 14 heavy (non-hydrogen) atoms. The van der Waals surface area contributed by atoms with E-state index in [0.717, 1.165) is 12.9 Å². The highest BCUT2D eigenvalue weighted by atomic mass is 17.2. The largest absolute Gasteiger partial charge is 0.488 e. The summed E-state index contributed by atoms with van der Waals surface area (Å²) in [4.78, 5) is 8.71. The Hall–Kier alpha value is -0.0301. The lowest BCUT2D eigenvalue weighted by molar-refractivity contribution is -0.181. The minimum absolute atomic E-state index is 0.187. The quantitative estimate of drug-likeness (QED) is 0.431. The van der Waals surface area contributed by atoms with Crippen molar-refractivity contribution in [2.45, 2.75) is 45.2 Å². The Labute approximate surface area is 86.8 Å². The lowest BCUT2D eigenvalue weighted by Crippen LogP contribution is -2.41. The molecule has 0 aromatic carbocycles. The maximum Gasteiger partial charge on any atom is 0.488 e. The molecule has 0 saturated carbocycles. The average Bonchev–Trinajstić information content (AvgIpc) is 2.64. The Balaban J connectivity index is 0.000000165. The van der Waals surface area contributed by atoms with Crippen LogP contribution in [0.15, 0.2) is 0 Å². The highest BCUT2D eigenvalue weighted by molar-refractivity contribution is 6.27. The maximum atomic E-state index is 5.21. The van der Waals surface area contributed by atoms with Gasteiger partial charge in [0.15, 0.2) is 0 Å². The third kappa shape index (κ3) is 2.98. The van der Waals surface area contributed by atoms with Crippen molar-refractivity contribution in [1.82, 2.24) is 0 Å². The zero-order chi connectivity index (χ0) is 10.7. The van der Waals surface area contributed by atoms with Gasteiger partial charge >= 0.3 is 15.2 Å². The van der Waals surface area contributed by atoms with Gasteiger partial charge in [0.05, 0.1) is 17.8 Å². The van der Waals surface area contributed by atoms with Crippen molar-refractivity contribution in [3.63, 3.8) is 0 Å². The second kappa shape index (κ2) is 4.66. The second-order valence-electron chi connectivity index (χ2n) is 4.23. The van der Waals surface area contributed by atoms with E-state index in [0.29, 0.717) is 0 Å². The molecule has 2 aliphatic heterocycles. The summed E-state index contributed by atoms with van der Waals surface area (Å²) in [5.74, 6) is 0. The minimum Gasteiger partial charge on any atom is -0.405 e. The first-order valence-corrected chi connectivity index (χ1v) is 4.73. The number of hydrogen-bond acceptors (Lipinski definition) is 4. The first-order valence-electron chi connectivity index (χ1n) is 4.73. The summed E-state index contributed by atoms with van der Waals surface area (Å²) in [7, 11) is 3.06. The molecule has 4 nitrogen and oxygen atoms in total. The molecule has 0 N–H and O–H groups in total. The molecular weight excluding hydrogens is 182 g/mol. The standard InChI is InChI=1S/C6H12BO2.C2H4BO2/c1-5(2)6(3,4)9-7-8-5;1-2-4-5-3-1/h1-4H3;1-2H2. The van der Waals surface area contributed by atoms with Crippen LogP contribution < -0.4 is 0 Å². The van der Waals surface area contributed by atoms with Gasteiger partial charge in [-0.25, -0.2) is 0 Å². The van der Waals surface area contributed by atoms with E-state index in [4.69, 9.17) is 9.31 Å². The molecule has 78 valence electrons. The van der Waals surface area contributed by atoms with Gasteiger partial charge < -0.3 is 14.1 Å². The van der Waals surface area contributed by atoms with Gasteiger partial charge in [-0.3, -0.25) is 4.89 Å². The Kier molecular flexibility index (Phi) is 4.01. The van der Waals surface area contributed by atoms with Crippen molar-refractivity contribution in [3.8, 4) is 0 Å². The fraction of sp³-hybridized carbons (Fsp3) is 1.00. The Bertz CT molecular complexity index is 159. The second-order valence-corrected chi connectivity index (χ2v) is 4.23. The van der Waals surface area contributed by atoms with Gasteiger partial charge in [-0.2, -0.15) is 0 Å². The molecule has 0 aromatic heterocycles. The molecule has 2 radical (unpaired) electrons. The van der Waals surface area contributed by atoms with Crippen LogP contribution in [-0.4, -0.2) is 33.0 Å². The smallest absolute Gasteiger partial charge is 0.405 e. The first-order chi connectivity index (χ1) is 6.46. The van der Waals surface area contributed by atoms with Gasteiger partial charge in [0.1, 0.15) is 0 Å². The van der Waals surface area contributed by atoms with Crippen LogP contribution in [0.3, 0.4) is 0 Å². The molecule has 0 spiro atoms. The van der Waals surface area contributed by atoms with Crippen molar-refractivity contribution in [2.75, 3.05) is 6.61 Å². The Morgan fingerprint density at radius 3 is 1.71 bits per heavy atom. The van der Waals surface area contributed by atoms with Crippen LogP contribution in [-0.2, 0) is 19.0 Å². The Morgan fingerprint density at radius 1 is 1.00 bits per heavy atom. The highest BCUT2D eigenvalue weighted by Gasteiger charge is 2.44. The third-order valence-corrected chi connectivity index (χ3v) is 2.59. The van der Waals surface area contributed by atoms with Crippen molar-refractivity contribution in [1.29, 1.82) is 0 Å². The van der Waals surface area contributed by atoms with E-state index >= 15 is 0 Å². The van der Waals surface area contributed by atoms with Gasteiger partial charge in [0, 0.05) is 0 Å². The predicted octanol–water partition coefficient (Wildman–Crippen LogP) is 1.11. The summed E-state index contributed by atoms with van der Waals surface area (Å²) in [6.07, 6.45) is 0.931. The predicted molar refractivity (Wildman–Crippen MR) is 53.7 cm³/mol. The molecule has 2 rings (SSSR count). The summed E-state index contributed by atoms with van der Waals surface area (Å²) >= 11 is 0. The van der Waals surface area contributed by atoms with Crippen LogP contribution in [0, 0.1) is 0 Å². The molecular formula is C8H16B2O4. The van der Waals surface area contributed by atoms with E-state index < -0.39 is 0 Å². The molecule has 2 fully saturated rings. The van der Waals surface area contributed by atoms with Crippen molar-refractivity contribution in [2.24, 2.45) is 0 Å². The molecule has 2 heterocycles. The molecule has 0 amide bonds. The minimum atomic E-state index is -0.188. The molecule has 0 aromatic rings. The van der Waals surface area contributed by atoms with Gasteiger partial charge in [-0.15, -0.1) is 0 Å². The van der Waals surface area contributed by atoms with E-state index in [1.54, 1.807) is 7.48 Å². The monoisotopic (exact) mass is 198 g/mol. The lowest BCUT2D eigenvalue weighted by atomic mass is 9.90. The molecule has 2 aliphatic rings. The van der Waals surface area contributed by atoms with Crippen molar-refractivity contribution in [3.05, 3.63) is 0 Å². The van der Waals surface area contributed by atoms with E-state index in [9.17, 15) is 0 Å². The molecule has 0 atom stereocenters. The fourth-order valence-corrected chi connectivity index (χ4v) is 0.789. The topological polar surface area (TPSA) is 36.9 Å². The molecule has 2 saturated heterocycles. The van der Waals surface area contributed by atoms with Gasteiger partial charge in [0.2, 0.25) is 0 Å². The van der Waals surface area contributed by atoms with Crippen LogP contribution >= 0.6 is 0 Å². The van der Waals surface area contributed by atoms with Crippen LogP contribution in [0.25, 0.3) is 0 Å². The zero-order valence-electron chi connectivity index (χ0n) is 9.20. The van der Waals surface area contributed by atoms with E-state index in [-0.39, 0.29) is 11.2 Å².